The standard InChI is InChI=1S/C28H24N6O4S2/c1-15-8-10-16(11-9-15)23-19(13-29)25(30)34(20-6-3-7-21(35)24(20)23)27-32-33-28(40-27)39-14-22(36)31-18-5-2-4-17(12-18)26(37)38/h2,4-5,8-12,23H,3,6-7,14,30H2,1H3,(H,31,36)(H,37,38). The fraction of sp³-hybridized carbons (Fsp3) is 0.214. The number of aromatic carboxylic acids is 1. The highest BCUT2D eigenvalue weighted by Gasteiger charge is 2.41. The number of carbonyl (C=O) groups excluding carboxylic acids is 2. The van der Waals surface area contributed by atoms with Crippen molar-refractivity contribution in [1.82, 2.24) is 10.2 Å². The molecule has 2 aromatic carbocycles. The highest BCUT2D eigenvalue weighted by Crippen LogP contribution is 2.47. The predicted octanol–water partition coefficient (Wildman–Crippen LogP) is 4.58. The number of rotatable bonds is 7. The number of aryl methyl sites for hydroxylation is 1. The van der Waals surface area contributed by atoms with Crippen molar-refractivity contribution in [2.24, 2.45) is 5.73 Å². The van der Waals surface area contributed by atoms with E-state index in [0.717, 1.165) is 28.6 Å². The second-order valence-corrected chi connectivity index (χ2v) is 11.5. The van der Waals surface area contributed by atoms with Crippen molar-refractivity contribution >= 4 is 51.6 Å². The number of carboxylic acids is 1. The molecule has 1 unspecified atom stereocenters. The van der Waals surface area contributed by atoms with Crippen LogP contribution in [-0.2, 0) is 9.59 Å². The predicted molar refractivity (Wildman–Crippen MR) is 152 cm³/mol. The van der Waals surface area contributed by atoms with Crippen molar-refractivity contribution in [2.75, 3.05) is 16.0 Å². The van der Waals surface area contributed by atoms with E-state index >= 15 is 0 Å². The monoisotopic (exact) mass is 572 g/mol. The van der Waals surface area contributed by atoms with E-state index in [2.05, 4.69) is 21.6 Å². The number of Topliss-reactive ketones (excluding diaryl/α,β-unsaturated/α-hetero) is 1. The van der Waals surface area contributed by atoms with Crippen LogP contribution in [0.1, 0.15) is 46.7 Å². The van der Waals surface area contributed by atoms with Gasteiger partial charge in [-0.3, -0.25) is 14.5 Å². The van der Waals surface area contributed by atoms with Gasteiger partial charge in [-0.15, -0.1) is 10.2 Å². The lowest BCUT2D eigenvalue weighted by molar-refractivity contribution is -0.116. The SMILES string of the molecule is Cc1ccc(C2C(C#N)=C(N)N(c3nnc(SCC(=O)Nc4cccc(C(=O)O)c4)s3)C3=C2C(=O)CCC3)cc1. The first-order valence-corrected chi connectivity index (χ1v) is 14.2. The maximum atomic E-state index is 13.2. The molecule has 10 nitrogen and oxygen atoms in total. The smallest absolute Gasteiger partial charge is 0.335 e. The lowest BCUT2D eigenvalue weighted by Gasteiger charge is -2.38. The summed E-state index contributed by atoms with van der Waals surface area (Å²) in [6.07, 6.45) is 1.66. The molecule has 1 aromatic heterocycles. The molecule has 1 atom stereocenters. The largest absolute Gasteiger partial charge is 0.478 e. The minimum atomic E-state index is -1.08. The van der Waals surface area contributed by atoms with E-state index < -0.39 is 11.9 Å². The number of allylic oxidation sites excluding steroid dienone is 3. The quantitative estimate of drug-likeness (QED) is 0.342. The molecule has 0 radical (unpaired) electrons. The van der Waals surface area contributed by atoms with E-state index in [4.69, 9.17) is 10.8 Å². The Morgan fingerprint density at radius 2 is 2.00 bits per heavy atom. The number of hydrogen-bond donors (Lipinski definition) is 3. The van der Waals surface area contributed by atoms with Gasteiger partial charge in [0.2, 0.25) is 11.0 Å². The minimum Gasteiger partial charge on any atom is -0.478 e. The van der Waals surface area contributed by atoms with Crippen LogP contribution in [0.5, 0.6) is 0 Å². The Kier molecular flexibility index (Phi) is 7.68. The van der Waals surface area contributed by atoms with Crippen LogP contribution in [0, 0.1) is 18.3 Å². The van der Waals surface area contributed by atoms with Crippen molar-refractivity contribution in [3.8, 4) is 6.07 Å². The molecule has 4 N–H and O–H groups in total. The number of nitrogens with two attached hydrogens (primary N) is 1. The average Bonchev–Trinajstić information content (AvgIpc) is 3.40. The van der Waals surface area contributed by atoms with Gasteiger partial charge in [0.1, 0.15) is 5.82 Å². The summed E-state index contributed by atoms with van der Waals surface area (Å²) in [5, 5.41) is 30.9. The molecule has 1 aliphatic heterocycles. The number of thioether (sulfide) groups is 1. The van der Waals surface area contributed by atoms with Gasteiger partial charge >= 0.3 is 5.97 Å². The first-order chi connectivity index (χ1) is 19.3. The summed E-state index contributed by atoms with van der Waals surface area (Å²) >= 11 is 2.37. The number of benzene rings is 2. The summed E-state index contributed by atoms with van der Waals surface area (Å²) in [7, 11) is 0. The van der Waals surface area contributed by atoms with Gasteiger partial charge in [-0.1, -0.05) is 59.0 Å². The zero-order valence-corrected chi connectivity index (χ0v) is 23.0. The molecular formula is C28H24N6O4S2. The molecule has 3 aromatic rings. The summed E-state index contributed by atoms with van der Waals surface area (Å²) in [6.45, 7) is 1.98. The van der Waals surface area contributed by atoms with Gasteiger partial charge in [0.05, 0.1) is 28.9 Å². The van der Waals surface area contributed by atoms with Crippen LogP contribution >= 0.6 is 23.1 Å². The third kappa shape index (κ3) is 5.34. The molecule has 0 bridgehead atoms. The zero-order valence-electron chi connectivity index (χ0n) is 21.4. The molecule has 40 heavy (non-hydrogen) atoms. The topological polar surface area (TPSA) is 162 Å². The highest BCUT2D eigenvalue weighted by atomic mass is 32.2. The lowest BCUT2D eigenvalue weighted by Crippen LogP contribution is -2.38. The molecule has 0 saturated carbocycles. The molecule has 2 heterocycles. The van der Waals surface area contributed by atoms with Crippen molar-refractivity contribution in [3.05, 3.63) is 87.9 Å². The number of nitrogens with zero attached hydrogens (tertiary/aromatic N) is 4. The lowest BCUT2D eigenvalue weighted by atomic mass is 9.75. The van der Waals surface area contributed by atoms with E-state index in [9.17, 15) is 19.6 Å². The zero-order chi connectivity index (χ0) is 28.4. The molecule has 0 fully saturated rings. The van der Waals surface area contributed by atoms with Crippen LogP contribution in [0.15, 0.2) is 75.5 Å². The average molecular weight is 573 g/mol. The van der Waals surface area contributed by atoms with Gasteiger partial charge in [-0.05, 0) is 43.5 Å². The first-order valence-electron chi connectivity index (χ1n) is 12.4. The maximum Gasteiger partial charge on any atom is 0.335 e. The van der Waals surface area contributed by atoms with E-state index in [0.29, 0.717) is 40.0 Å². The number of carbonyl (C=O) groups is 3. The number of amides is 1. The number of ketones is 1. The van der Waals surface area contributed by atoms with Gasteiger partial charge in [-0.2, -0.15) is 5.26 Å². The van der Waals surface area contributed by atoms with Crippen LogP contribution in [0.4, 0.5) is 10.8 Å². The second kappa shape index (κ2) is 11.3. The Labute approximate surface area is 238 Å². The van der Waals surface area contributed by atoms with Crippen LogP contribution < -0.4 is 16.0 Å². The van der Waals surface area contributed by atoms with Crippen molar-refractivity contribution in [3.63, 3.8) is 0 Å². The van der Waals surface area contributed by atoms with Crippen molar-refractivity contribution in [1.29, 1.82) is 5.26 Å². The Bertz CT molecular complexity index is 1620. The fourth-order valence-corrected chi connectivity index (χ4v) is 6.48. The van der Waals surface area contributed by atoms with E-state index in [1.807, 2.05) is 31.2 Å². The first kappa shape index (κ1) is 27.1. The normalized spacial score (nSPS) is 16.9. The molecule has 1 aliphatic carbocycles. The highest BCUT2D eigenvalue weighted by molar-refractivity contribution is 8.01. The van der Waals surface area contributed by atoms with Crippen LogP contribution in [0.25, 0.3) is 0 Å². The molecule has 2 aliphatic rings. The van der Waals surface area contributed by atoms with Gasteiger partial charge in [0.25, 0.3) is 0 Å². The Morgan fingerprint density at radius 3 is 2.73 bits per heavy atom. The Balaban J connectivity index is 1.39. The van der Waals surface area contributed by atoms with Crippen molar-refractivity contribution in [2.45, 2.75) is 36.4 Å². The van der Waals surface area contributed by atoms with Crippen molar-refractivity contribution < 1.29 is 19.5 Å². The minimum absolute atomic E-state index is 0.0140. The molecular weight excluding hydrogens is 548 g/mol. The summed E-state index contributed by atoms with van der Waals surface area (Å²) in [4.78, 5) is 38.6. The van der Waals surface area contributed by atoms with Crippen LogP contribution in [-0.4, -0.2) is 38.7 Å². The van der Waals surface area contributed by atoms with Gasteiger partial charge in [-0.25, -0.2) is 4.79 Å². The molecule has 202 valence electrons. The van der Waals surface area contributed by atoms with E-state index in [-0.39, 0.29) is 34.4 Å². The summed E-state index contributed by atoms with van der Waals surface area (Å²) in [5.74, 6) is -1.75. The Morgan fingerprint density at radius 1 is 1.23 bits per heavy atom. The van der Waals surface area contributed by atoms with Gasteiger partial charge in [0, 0.05) is 23.4 Å². The van der Waals surface area contributed by atoms with E-state index in [1.165, 1.54) is 23.5 Å². The maximum absolute atomic E-state index is 13.2. The van der Waals surface area contributed by atoms with Gasteiger partial charge in [0.15, 0.2) is 10.1 Å². The van der Waals surface area contributed by atoms with Crippen LogP contribution in [0.2, 0.25) is 0 Å². The van der Waals surface area contributed by atoms with Crippen LogP contribution in [0.3, 0.4) is 0 Å². The Hall–Kier alpha value is -4.47. The number of hydrogen-bond acceptors (Lipinski definition) is 10. The van der Waals surface area contributed by atoms with E-state index in [1.54, 1.807) is 17.0 Å². The fourth-order valence-electron chi connectivity index (χ4n) is 4.80. The molecule has 12 heteroatoms. The molecule has 0 spiro atoms. The number of nitriles is 1. The summed E-state index contributed by atoms with van der Waals surface area (Å²) < 4.78 is 0.501. The molecule has 0 saturated heterocycles. The molecule has 1 amide bonds. The number of anilines is 2. The number of nitrogens with one attached hydrogen (secondary N) is 1. The third-order valence-corrected chi connectivity index (χ3v) is 8.67. The molecule has 5 rings (SSSR count). The number of aromatic nitrogens is 2. The second-order valence-electron chi connectivity index (χ2n) is 9.30. The number of carboxylic acid groups (broad SMARTS) is 1. The third-order valence-electron chi connectivity index (χ3n) is 6.63. The van der Waals surface area contributed by atoms with Gasteiger partial charge < -0.3 is 16.2 Å². The summed E-state index contributed by atoms with van der Waals surface area (Å²) in [5.41, 5.74) is 10.5. The summed E-state index contributed by atoms with van der Waals surface area (Å²) in [6, 6.07) is 16.0.